The normalized spacial score (nSPS) is 19.1. The minimum absolute atomic E-state index is 0.294. The van der Waals surface area contributed by atoms with Gasteiger partial charge in [0.2, 0.25) is 17.7 Å². The average Bonchev–Trinajstić information content (AvgIpc) is 3.39. The molecule has 2 fully saturated rings. The van der Waals surface area contributed by atoms with Crippen molar-refractivity contribution in [2.45, 2.75) is 31.7 Å². The van der Waals surface area contributed by atoms with E-state index in [2.05, 4.69) is 30.8 Å². The molecule has 1 saturated heterocycles. The summed E-state index contributed by atoms with van der Waals surface area (Å²) in [4.78, 5) is 25.0. The number of methoxy groups -OCH3 is 1. The first kappa shape index (κ1) is 15.5. The van der Waals surface area contributed by atoms with Gasteiger partial charge in [-0.15, -0.1) is 0 Å². The second-order valence-corrected chi connectivity index (χ2v) is 6.82. The van der Waals surface area contributed by atoms with Crippen LogP contribution in [0.2, 0.25) is 0 Å². The van der Waals surface area contributed by atoms with E-state index in [1.807, 2.05) is 11.9 Å². The molecule has 1 amide bonds. The van der Waals surface area contributed by atoms with E-state index in [1.165, 1.54) is 0 Å². The van der Waals surface area contributed by atoms with Gasteiger partial charge in [-0.1, -0.05) is 0 Å². The number of hydrogen-bond acceptors (Lipinski definition) is 5. The fourth-order valence-electron chi connectivity index (χ4n) is 2.89. The molecule has 120 valence electrons. The number of nitrogens with zero attached hydrogens (tertiary/aromatic N) is 4. The van der Waals surface area contributed by atoms with Crippen LogP contribution in [0.1, 0.15) is 25.7 Å². The van der Waals surface area contributed by atoms with Crippen LogP contribution >= 0.6 is 15.9 Å². The van der Waals surface area contributed by atoms with Crippen LogP contribution in [0, 0.1) is 5.92 Å². The highest BCUT2D eigenvalue weighted by molar-refractivity contribution is 9.10. The van der Waals surface area contributed by atoms with Crippen LogP contribution < -0.4 is 9.64 Å². The van der Waals surface area contributed by atoms with Crippen molar-refractivity contribution in [2.75, 3.05) is 32.1 Å². The van der Waals surface area contributed by atoms with Crippen LogP contribution in [0.5, 0.6) is 5.88 Å². The van der Waals surface area contributed by atoms with E-state index in [0.29, 0.717) is 29.7 Å². The zero-order valence-corrected chi connectivity index (χ0v) is 14.5. The van der Waals surface area contributed by atoms with Gasteiger partial charge in [-0.05, 0) is 41.6 Å². The number of amides is 1. The van der Waals surface area contributed by atoms with Gasteiger partial charge in [0.15, 0.2) is 0 Å². The fraction of sp³-hybridized carbons (Fsp3) is 0.667. The number of carbonyl (C=O) groups excluding carboxylic acids is 1. The van der Waals surface area contributed by atoms with E-state index in [1.54, 1.807) is 13.3 Å². The Morgan fingerprint density at radius 2 is 2.05 bits per heavy atom. The SMILES string of the molecule is COc1nc(N2CCC(N(C)C(=O)C3CC3)CC2)ncc1Br. The monoisotopic (exact) mass is 368 g/mol. The Balaban J connectivity index is 1.60. The summed E-state index contributed by atoms with van der Waals surface area (Å²) in [5.41, 5.74) is 0. The lowest BCUT2D eigenvalue weighted by Crippen LogP contribution is -2.46. The van der Waals surface area contributed by atoms with Crippen LogP contribution in [-0.2, 0) is 4.79 Å². The van der Waals surface area contributed by atoms with Crippen LogP contribution in [-0.4, -0.2) is 54.1 Å². The molecule has 0 atom stereocenters. The van der Waals surface area contributed by atoms with Crippen LogP contribution in [0.3, 0.4) is 0 Å². The molecule has 3 rings (SSSR count). The topological polar surface area (TPSA) is 58.6 Å². The van der Waals surface area contributed by atoms with Crippen molar-refractivity contribution in [1.29, 1.82) is 0 Å². The smallest absolute Gasteiger partial charge is 0.232 e. The van der Waals surface area contributed by atoms with Crippen molar-refractivity contribution in [3.05, 3.63) is 10.7 Å². The molecule has 0 unspecified atom stereocenters. The second-order valence-electron chi connectivity index (χ2n) is 5.97. The molecule has 1 aliphatic carbocycles. The van der Waals surface area contributed by atoms with Crippen molar-refractivity contribution in [3.63, 3.8) is 0 Å². The molecular weight excluding hydrogens is 348 g/mol. The molecule has 0 radical (unpaired) electrons. The van der Waals surface area contributed by atoms with Gasteiger partial charge in [-0.3, -0.25) is 4.79 Å². The van der Waals surface area contributed by atoms with E-state index in [-0.39, 0.29) is 0 Å². The number of carbonyl (C=O) groups is 1. The molecule has 1 saturated carbocycles. The zero-order valence-electron chi connectivity index (χ0n) is 13.0. The maximum Gasteiger partial charge on any atom is 0.232 e. The molecule has 1 aromatic rings. The number of hydrogen-bond donors (Lipinski definition) is 0. The number of rotatable bonds is 4. The Labute approximate surface area is 139 Å². The van der Waals surface area contributed by atoms with E-state index in [4.69, 9.17) is 4.74 Å². The van der Waals surface area contributed by atoms with Crippen molar-refractivity contribution >= 4 is 27.8 Å². The van der Waals surface area contributed by atoms with Crippen LogP contribution in [0.25, 0.3) is 0 Å². The largest absolute Gasteiger partial charge is 0.480 e. The molecule has 7 heteroatoms. The summed E-state index contributed by atoms with van der Waals surface area (Å²) >= 11 is 3.37. The molecular formula is C15H21BrN4O2. The van der Waals surface area contributed by atoms with Gasteiger partial charge in [-0.2, -0.15) is 4.98 Å². The molecule has 6 nitrogen and oxygen atoms in total. The third kappa shape index (κ3) is 3.19. The lowest BCUT2D eigenvalue weighted by atomic mass is 10.0. The summed E-state index contributed by atoms with van der Waals surface area (Å²) in [7, 11) is 3.54. The predicted molar refractivity (Wildman–Crippen MR) is 87.0 cm³/mol. The van der Waals surface area contributed by atoms with Gasteiger partial charge in [0.25, 0.3) is 0 Å². The predicted octanol–water partition coefficient (Wildman–Crippen LogP) is 2.08. The molecule has 2 heterocycles. The van der Waals surface area contributed by atoms with Crippen LogP contribution in [0.15, 0.2) is 10.7 Å². The molecule has 0 aromatic carbocycles. The summed E-state index contributed by atoms with van der Waals surface area (Å²) in [6.07, 6.45) is 5.76. The number of aromatic nitrogens is 2. The quantitative estimate of drug-likeness (QED) is 0.814. The minimum Gasteiger partial charge on any atom is -0.480 e. The Morgan fingerprint density at radius 1 is 1.36 bits per heavy atom. The molecule has 2 aliphatic rings. The highest BCUT2D eigenvalue weighted by Gasteiger charge is 2.35. The van der Waals surface area contributed by atoms with E-state index >= 15 is 0 Å². The lowest BCUT2D eigenvalue weighted by Gasteiger charge is -2.36. The second kappa shape index (κ2) is 6.40. The summed E-state index contributed by atoms with van der Waals surface area (Å²) in [5.74, 6) is 1.85. The van der Waals surface area contributed by atoms with Gasteiger partial charge in [0.1, 0.15) is 0 Å². The van der Waals surface area contributed by atoms with E-state index in [0.717, 1.165) is 43.2 Å². The molecule has 1 aromatic heterocycles. The highest BCUT2D eigenvalue weighted by Crippen LogP contribution is 2.32. The maximum absolute atomic E-state index is 12.1. The fourth-order valence-corrected chi connectivity index (χ4v) is 3.24. The number of anilines is 1. The van der Waals surface area contributed by atoms with Crippen LogP contribution in [0.4, 0.5) is 5.95 Å². The molecule has 0 spiro atoms. The van der Waals surface area contributed by atoms with Crippen molar-refractivity contribution in [3.8, 4) is 5.88 Å². The minimum atomic E-state index is 0.294. The third-order valence-corrected chi connectivity index (χ3v) is 5.01. The summed E-state index contributed by atoms with van der Waals surface area (Å²) in [6, 6.07) is 0.335. The number of halogens is 1. The standard InChI is InChI=1S/C15H21BrN4O2/c1-19(14(21)10-3-4-10)11-5-7-20(8-6-11)15-17-9-12(16)13(18-15)22-2/h9-11H,3-8H2,1-2H3. The van der Waals surface area contributed by atoms with Gasteiger partial charge in [0.05, 0.1) is 17.8 Å². The third-order valence-electron chi connectivity index (χ3n) is 4.46. The Morgan fingerprint density at radius 3 is 2.64 bits per heavy atom. The Bertz CT molecular complexity index is 556. The lowest BCUT2D eigenvalue weighted by molar-refractivity contribution is -0.133. The van der Waals surface area contributed by atoms with Gasteiger partial charge in [0, 0.05) is 32.1 Å². The van der Waals surface area contributed by atoms with Gasteiger partial charge < -0.3 is 14.5 Å². The number of ether oxygens (including phenoxy) is 1. The van der Waals surface area contributed by atoms with Gasteiger partial charge >= 0.3 is 0 Å². The summed E-state index contributed by atoms with van der Waals surface area (Å²) < 4.78 is 5.98. The van der Waals surface area contributed by atoms with E-state index < -0.39 is 0 Å². The Kier molecular flexibility index (Phi) is 4.52. The summed E-state index contributed by atoms with van der Waals surface area (Å²) in [6.45, 7) is 1.72. The van der Waals surface area contributed by atoms with E-state index in [9.17, 15) is 4.79 Å². The first-order valence-electron chi connectivity index (χ1n) is 7.68. The summed E-state index contributed by atoms with van der Waals surface area (Å²) in [5, 5.41) is 0. The highest BCUT2D eigenvalue weighted by atomic mass is 79.9. The number of piperidine rings is 1. The van der Waals surface area contributed by atoms with Crippen molar-refractivity contribution in [2.24, 2.45) is 5.92 Å². The molecule has 22 heavy (non-hydrogen) atoms. The van der Waals surface area contributed by atoms with Crippen molar-refractivity contribution in [1.82, 2.24) is 14.9 Å². The molecule has 1 aliphatic heterocycles. The Hall–Kier alpha value is -1.37. The maximum atomic E-state index is 12.1. The van der Waals surface area contributed by atoms with Gasteiger partial charge in [-0.25, -0.2) is 4.98 Å². The first-order valence-corrected chi connectivity index (χ1v) is 8.47. The molecule has 0 N–H and O–H groups in total. The average molecular weight is 369 g/mol. The first-order chi connectivity index (χ1) is 10.6. The van der Waals surface area contributed by atoms with Crippen molar-refractivity contribution < 1.29 is 9.53 Å². The molecule has 0 bridgehead atoms. The zero-order chi connectivity index (χ0) is 15.7.